The van der Waals surface area contributed by atoms with Crippen molar-refractivity contribution < 1.29 is 18.7 Å². The minimum atomic E-state index is -2.19. The molecule has 1 saturated heterocycles. The molecule has 0 aromatic carbocycles. The molecule has 3 N–H and O–H groups in total. The minimum absolute atomic E-state index is 0.0482. The number of rotatable bonds is 4. The van der Waals surface area contributed by atoms with E-state index < -0.39 is 38.9 Å². The molecule has 3 atom stereocenters. The maximum Gasteiger partial charge on any atom is 0.312 e. The van der Waals surface area contributed by atoms with Gasteiger partial charge in [-0.05, 0) is 18.1 Å². The van der Waals surface area contributed by atoms with E-state index in [4.69, 9.17) is 21.3 Å². The molecule has 0 radical (unpaired) electrons. The molecule has 0 bridgehead atoms. The van der Waals surface area contributed by atoms with Gasteiger partial charge in [-0.3, -0.25) is 4.57 Å². The van der Waals surface area contributed by atoms with Crippen molar-refractivity contribution in [2.75, 3.05) is 12.3 Å². The number of fused-ring (bicyclic) bond motifs is 1. The van der Waals surface area contributed by atoms with Crippen LogP contribution in [0.5, 0.6) is 0 Å². The summed E-state index contributed by atoms with van der Waals surface area (Å²) < 4.78 is 27.8. The van der Waals surface area contributed by atoms with Crippen LogP contribution in [-0.4, -0.2) is 51.3 Å². The third-order valence-corrected chi connectivity index (χ3v) is 10.2. The molecule has 0 aliphatic carbocycles. The summed E-state index contributed by atoms with van der Waals surface area (Å²) in [7, 11) is -2.19. The van der Waals surface area contributed by atoms with Crippen molar-refractivity contribution in [3.8, 4) is 12.3 Å². The maximum atomic E-state index is 13.7. The predicted octanol–water partition coefficient (Wildman–Crippen LogP) is 2.22. The molecule has 3 rings (SSSR count). The van der Waals surface area contributed by atoms with Crippen molar-refractivity contribution in [1.29, 1.82) is 0 Å². The lowest BCUT2D eigenvalue weighted by atomic mass is 9.99. The van der Waals surface area contributed by atoms with Crippen LogP contribution in [0.3, 0.4) is 0 Å². The number of halogens is 1. The van der Waals surface area contributed by atoms with Gasteiger partial charge in [0.1, 0.15) is 6.23 Å². The van der Waals surface area contributed by atoms with Gasteiger partial charge in [0.2, 0.25) is 0 Å². The number of aliphatic hydroxyl groups excluding tert-OH is 1. The normalized spacial score (nSPS) is 25.9. The molecular formula is C18H26FN5O3Si. The average Bonchev–Trinajstić information content (AvgIpc) is 3.15. The van der Waals surface area contributed by atoms with Crippen LogP contribution in [0.2, 0.25) is 18.1 Å². The van der Waals surface area contributed by atoms with Gasteiger partial charge in [-0.2, -0.15) is 14.4 Å². The van der Waals surface area contributed by atoms with Gasteiger partial charge < -0.3 is 20.0 Å². The SMILES string of the molecule is C#C[C@]1(CO)O[C@@H](n2cnc3c(N)nc(F)nc32)CC1O[Si](C)(C)C(C)(C)C. The van der Waals surface area contributed by atoms with Gasteiger partial charge in [-0.1, -0.05) is 26.7 Å². The van der Waals surface area contributed by atoms with Crippen LogP contribution in [0.1, 0.15) is 33.4 Å². The number of nitrogens with two attached hydrogens (primary N) is 1. The lowest BCUT2D eigenvalue weighted by Crippen LogP contribution is -2.51. The average molecular weight is 408 g/mol. The summed E-state index contributed by atoms with van der Waals surface area (Å²) in [4.78, 5) is 11.4. The van der Waals surface area contributed by atoms with Gasteiger partial charge in [-0.25, -0.2) is 4.98 Å². The Morgan fingerprint density at radius 2 is 2.18 bits per heavy atom. The molecule has 152 valence electrons. The zero-order valence-electron chi connectivity index (χ0n) is 16.7. The molecule has 1 unspecified atom stereocenters. The number of aliphatic hydroxyl groups is 1. The number of aromatic nitrogens is 4. The van der Waals surface area contributed by atoms with Crippen LogP contribution in [0, 0.1) is 18.4 Å². The van der Waals surface area contributed by atoms with Crippen LogP contribution in [0.15, 0.2) is 6.33 Å². The van der Waals surface area contributed by atoms with Crippen LogP contribution in [0.25, 0.3) is 11.2 Å². The summed E-state index contributed by atoms with van der Waals surface area (Å²) in [6.07, 6.45) is 5.42. The molecule has 2 aromatic heterocycles. The third-order valence-electron chi connectivity index (χ3n) is 5.74. The molecule has 1 fully saturated rings. The van der Waals surface area contributed by atoms with E-state index in [0.29, 0.717) is 6.42 Å². The number of hydrogen-bond donors (Lipinski definition) is 2. The summed E-state index contributed by atoms with van der Waals surface area (Å²) in [5.41, 5.74) is 4.90. The molecular weight excluding hydrogens is 381 g/mol. The highest BCUT2D eigenvalue weighted by atomic mass is 28.4. The second-order valence-electron chi connectivity index (χ2n) is 8.57. The van der Waals surface area contributed by atoms with Crippen molar-refractivity contribution >= 4 is 25.3 Å². The topological polar surface area (TPSA) is 108 Å². The smallest absolute Gasteiger partial charge is 0.312 e. The second-order valence-corrected chi connectivity index (χ2v) is 13.3. The highest BCUT2D eigenvalue weighted by Crippen LogP contribution is 2.44. The molecule has 1 aliphatic heterocycles. The van der Waals surface area contributed by atoms with E-state index in [0.717, 1.165) is 0 Å². The first kappa shape index (κ1) is 20.7. The van der Waals surface area contributed by atoms with E-state index in [-0.39, 0.29) is 22.0 Å². The Kier molecular flexibility index (Phi) is 5.00. The second kappa shape index (κ2) is 6.77. The van der Waals surface area contributed by atoms with E-state index in [9.17, 15) is 9.50 Å². The lowest BCUT2D eigenvalue weighted by Gasteiger charge is -2.41. The maximum absolute atomic E-state index is 13.7. The molecule has 0 amide bonds. The van der Waals surface area contributed by atoms with Crippen molar-refractivity contribution in [1.82, 2.24) is 19.5 Å². The third kappa shape index (κ3) is 3.28. The molecule has 0 spiro atoms. The van der Waals surface area contributed by atoms with Crippen LogP contribution >= 0.6 is 0 Å². The number of nitrogens with zero attached hydrogens (tertiary/aromatic N) is 4. The lowest BCUT2D eigenvalue weighted by molar-refractivity contribution is -0.0866. The summed E-state index contributed by atoms with van der Waals surface area (Å²) >= 11 is 0. The highest BCUT2D eigenvalue weighted by Gasteiger charge is 2.53. The Hall–Kier alpha value is -2.06. The Labute approximate surface area is 164 Å². The van der Waals surface area contributed by atoms with E-state index in [1.165, 1.54) is 6.33 Å². The molecule has 2 aromatic rings. The van der Waals surface area contributed by atoms with Gasteiger partial charge in [0, 0.05) is 6.42 Å². The number of imidazole rings is 1. The molecule has 10 heteroatoms. The Bertz CT molecular complexity index is 936. The first-order valence-corrected chi connectivity index (χ1v) is 11.9. The van der Waals surface area contributed by atoms with Crippen LogP contribution in [-0.2, 0) is 9.16 Å². The Morgan fingerprint density at radius 1 is 1.50 bits per heavy atom. The fourth-order valence-corrected chi connectivity index (χ4v) is 4.37. The molecule has 1 aliphatic rings. The van der Waals surface area contributed by atoms with Gasteiger partial charge in [0.15, 0.2) is 30.9 Å². The van der Waals surface area contributed by atoms with Gasteiger partial charge in [-0.15, -0.1) is 6.42 Å². The fourth-order valence-electron chi connectivity index (χ4n) is 3.02. The zero-order valence-corrected chi connectivity index (χ0v) is 17.7. The minimum Gasteiger partial charge on any atom is -0.410 e. The number of anilines is 1. The summed E-state index contributed by atoms with van der Waals surface area (Å²) in [6, 6.07) is 0. The summed E-state index contributed by atoms with van der Waals surface area (Å²) in [6.45, 7) is 10.2. The van der Waals surface area contributed by atoms with E-state index >= 15 is 0 Å². The first-order chi connectivity index (χ1) is 12.9. The van der Waals surface area contributed by atoms with Gasteiger partial charge in [0.25, 0.3) is 0 Å². The quantitative estimate of drug-likeness (QED) is 0.454. The van der Waals surface area contributed by atoms with Crippen molar-refractivity contribution in [2.24, 2.45) is 0 Å². The molecule has 0 saturated carbocycles. The van der Waals surface area contributed by atoms with Gasteiger partial charge >= 0.3 is 6.08 Å². The van der Waals surface area contributed by atoms with Crippen molar-refractivity contribution in [3.63, 3.8) is 0 Å². The predicted molar refractivity (Wildman–Crippen MR) is 105 cm³/mol. The van der Waals surface area contributed by atoms with Crippen molar-refractivity contribution in [3.05, 3.63) is 12.4 Å². The molecule has 3 heterocycles. The van der Waals surface area contributed by atoms with Crippen molar-refractivity contribution in [2.45, 2.75) is 63.3 Å². The number of hydrogen-bond acceptors (Lipinski definition) is 7. The van der Waals surface area contributed by atoms with Crippen LogP contribution < -0.4 is 5.73 Å². The number of terminal acetylenes is 1. The van der Waals surface area contributed by atoms with E-state index in [1.807, 2.05) is 0 Å². The van der Waals surface area contributed by atoms with Gasteiger partial charge in [0.05, 0.1) is 19.0 Å². The first-order valence-electron chi connectivity index (χ1n) is 9.04. The number of nitrogen functional groups attached to an aromatic ring is 1. The molecule has 8 nitrogen and oxygen atoms in total. The highest BCUT2D eigenvalue weighted by molar-refractivity contribution is 6.74. The monoisotopic (exact) mass is 407 g/mol. The molecule has 28 heavy (non-hydrogen) atoms. The largest absolute Gasteiger partial charge is 0.410 e. The fraction of sp³-hybridized carbons (Fsp3) is 0.611. The Morgan fingerprint density at radius 3 is 2.75 bits per heavy atom. The number of ether oxygens (including phenoxy) is 1. The summed E-state index contributed by atoms with van der Waals surface area (Å²) in [5, 5.41) is 9.99. The van der Waals surface area contributed by atoms with E-state index in [2.05, 4.69) is 54.7 Å². The van der Waals surface area contributed by atoms with E-state index in [1.54, 1.807) is 4.57 Å². The Balaban J connectivity index is 1.99. The standard InChI is InChI=1S/C18H26FN5O3Si/c1-7-18(9-25)11(27-28(5,6)17(2,3)4)8-12(26-18)24-10-21-13-14(20)22-16(19)23-15(13)24/h1,10-12,25H,8-9H2,2-6H3,(H2,20,22,23)/t11?,12-,18-/m1/s1. The zero-order chi connectivity index (χ0) is 20.9. The summed E-state index contributed by atoms with van der Waals surface area (Å²) in [5.74, 6) is 2.52. The van der Waals surface area contributed by atoms with Crippen LogP contribution in [0.4, 0.5) is 10.2 Å².